The van der Waals surface area contributed by atoms with Gasteiger partial charge >= 0.3 is 0 Å². The Balaban J connectivity index is 1.83. The highest BCUT2D eigenvalue weighted by molar-refractivity contribution is 5.25. The minimum atomic E-state index is -0.107. The average Bonchev–Trinajstić information content (AvgIpc) is 3.13. The molecular weight excluding hydrogens is 208 g/mol. The van der Waals surface area contributed by atoms with Crippen molar-refractivity contribution in [1.82, 2.24) is 4.98 Å². The first-order chi connectivity index (χ1) is 8.17. The van der Waals surface area contributed by atoms with Crippen molar-refractivity contribution in [3.63, 3.8) is 0 Å². The highest BCUT2D eigenvalue weighted by Crippen LogP contribution is 2.48. The number of nitrogens with two attached hydrogens (primary N) is 1. The van der Waals surface area contributed by atoms with E-state index >= 15 is 0 Å². The molecule has 92 valence electrons. The molecule has 2 nitrogen and oxygen atoms in total. The highest BCUT2D eigenvalue weighted by atomic mass is 14.8. The van der Waals surface area contributed by atoms with Gasteiger partial charge in [0.05, 0.1) is 0 Å². The lowest BCUT2D eigenvalue weighted by molar-refractivity contribution is 0.206. The molecule has 3 rings (SSSR count). The van der Waals surface area contributed by atoms with Crippen LogP contribution in [0, 0.1) is 18.8 Å². The van der Waals surface area contributed by atoms with Crippen molar-refractivity contribution < 1.29 is 0 Å². The van der Waals surface area contributed by atoms with Crippen LogP contribution < -0.4 is 5.73 Å². The van der Waals surface area contributed by atoms with Crippen LogP contribution in [0.5, 0.6) is 0 Å². The molecule has 0 bridgehead atoms. The largest absolute Gasteiger partial charge is 0.321 e. The van der Waals surface area contributed by atoms with Gasteiger partial charge in [-0.05, 0) is 55.6 Å². The molecule has 1 aromatic rings. The minimum Gasteiger partial charge on any atom is -0.321 e. The zero-order valence-corrected chi connectivity index (χ0v) is 10.7. The van der Waals surface area contributed by atoms with Crippen LogP contribution in [0.25, 0.3) is 0 Å². The fourth-order valence-corrected chi connectivity index (χ4v) is 3.41. The summed E-state index contributed by atoms with van der Waals surface area (Å²) in [5, 5.41) is 0. The van der Waals surface area contributed by atoms with Crippen molar-refractivity contribution >= 4 is 0 Å². The molecule has 0 saturated heterocycles. The molecular formula is C15H22N2. The van der Waals surface area contributed by atoms with Crippen molar-refractivity contribution in [3.8, 4) is 0 Å². The van der Waals surface area contributed by atoms with Gasteiger partial charge in [0, 0.05) is 17.9 Å². The Morgan fingerprint density at radius 2 is 2.06 bits per heavy atom. The van der Waals surface area contributed by atoms with E-state index in [-0.39, 0.29) is 5.54 Å². The molecule has 1 heterocycles. The predicted octanol–water partition coefficient (Wildman–Crippen LogP) is 3.14. The van der Waals surface area contributed by atoms with Gasteiger partial charge in [0.15, 0.2) is 0 Å². The van der Waals surface area contributed by atoms with E-state index in [0.717, 1.165) is 18.3 Å². The van der Waals surface area contributed by atoms with Crippen LogP contribution in [0.3, 0.4) is 0 Å². The van der Waals surface area contributed by atoms with Crippen LogP contribution in [0.1, 0.15) is 49.7 Å². The number of nitrogens with zero attached hydrogens (tertiary/aromatic N) is 1. The third kappa shape index (κ3) is 2.23. The first kappa shape index (κ1) is 11.2. The third-order valence-electron chi connectivity index (χ3n) is 4.56. The molecule has 2 saturated carbocycles. The quantitative estimate of drug-likeness (QED) is 0.847. The lowest BCUT2D eigenvalue weighted by Crippen LogP contribution is -2.42. The Kier molecular flexibility index (Phi) is 2.70. The van der Waals surface area contributed by atoms with Crippen LogP contribution in [-0.2, 0) is 5.54 Å². The lowest BCUT2D eigenvalue weighted by atomic mass is 9.71. The van der Waals surface area contributed by atoms with E-state index in [1.165, 1.54) is 43.2 Å². The van der Waals surface area contributed by atoms with Gasteiger partial charge in [-0.1, -0.05) is 18.9 Å². The number of hydrogen-bond acceptors (Lipinski definition) is 2. The number of pyridine rings is 1. The van der Waals surface area contributed by atoms with Crippen molar-refractivity contribution in [1.29, 1.82) is 0 Å². The van der Waals surface area contributed by atoms with Gasteiger partial charge in [-0.15, -0.1) is 0 Å². The van der Waals surface area contributed by atoms with Crippen molar-refractivity contribution in [2.45, 2.75) is 51.0 Å². The SMILES string of the molecule is Cc1cncc(C2(N)CCCC(C3CC3)C2)c1. The normalized spacial score (nSPS) is 33.6. The third-order valence-corrected chi connectivity index (χ3v) is 4.56. The van der Waals surface area contributed by atoms with Crippen LogP contribution in [0.4, 0.5) is 0 Å². The van der Waals surface area contributed by atoms with E-state index in [1.54, 1.807) is 0 Å². The molecule has 0 radical (unpaired) electrons. The summed E-state index contributed by atoms with van der Waals surface area (Å²) in [5.74, 6) is 1.85. The van der Waals surface area contributed by atoms with E-state index in [2.05, 4.69) is 18.0 Å². The fraction of sp³-hybridized carbons (Fsp3) is 0.667. The number of aryl methyl sites for hydroxylation is 1. The second-order valence-electron chi connectivity index (χ2n) is 6.10. The smallest absolute Gasteiger partial charge is 0.0427 e. The van der Waals surface area contributed by atoms with Gasteiger partial charge in [-0.25, -0.2) is 0 Å². The van der Waals surface area contributed by atoms with E-state index < -0.39 is 0 Å². The Labute approximate surface area is 104 Å². The monoisotopic (exact) mass is 230 g/mol. The minimum absolute atomic E-state index is 0.107. The van der Waals surface area contributed by atoms with E-state index in [1.807, 2.05) is 12.4 Å². The Morgan fingerprint density at radius 3 is 2.76 bits per heavy atom. The second kappa shape index (κ2) is 4.09. The summed E-state index contributed by atoms with van der Waals surface area (Å²) in [5.41, 5.74) is 9.03. The molecule has 2 fully saturated rings. The maximum Gasteiger partial charge on any atom is 0.0427 e. The van der Waals surface area contributed by atoms with Gasteiger partial charge in [0.25, 0.3) is 0 Å². The van der Waals surface area contributed by atoms with Gasteiger partial charge in [-0.3, -0.25) is 4.98 Å². The topological polar surface area (TPSA) is 38.9 Å². The Morgan fingerprint density at radius 1 is 1.24 bits per heavy atom. The van der Waals surface area contributed by atoms with Gasteiger partial charge in [-0.2, -0.15) is 0 Å². The summed E-state index contributed by atoms with van der Waals surface area (Å²) in [6.07, 6.45) is 11.7. The highest BCUT2D eigenvalue weighted by Gasteiger charge is 2.40. The van der Waals surface area contributed by atoms with Gasteiger partial charge < -0.3 is 5.73 Å². The van der Waals surface area contributed by atoms with Crippen molar-refractivity contribution in [3.05, 3.63) is 29.6 Å². The Bertz CT molecular complexity index is 411. The summed E-state index contributed by atoms with van der Waals surface area (Å²) >= 11 is 0. The zero-order chi connectivity index (χ0) is 11.9. The number of hydrogen-bond donors (Lipinski definition) is 1. The maximum absolute atomic E-state index is 6.67. The lowest BCUT2D eigenvalue weighted by Gasteiger charge is -2.38. The van der Waals surface area contributed by atoms with E-state index in [4.69, 9.17) is 5.73 Å². The van der Waals surface area contributed by atoms with E-state index in [0.29, 0.717) is 0 Å². The van der Waals surface area contributed by atoms with Gasteiger partial charge in [0.2, 0.25) is 0 Å². The first-order valence-corrected chi connectivity index (χ1v) is 6.88. The molecule has 1 aromatic heterocycles. The molecule has 2 unspecified atom stereocenters. The Hall–Kier alpha value is -0.890. The predicted molar refractivity (Wildman–Crippen MR) is 69.5 cm³/mol. The second-order valence-corrected chi connectivity index (χ2v) is 6.10. The van der Waals surface area contributed by atoms with Crippen LogP contribution >= 0.6 is 0 Å². The first-order valence-electron chi connectivity index (χ1n) is 6.88. The summed E-state index contributed by atoms with van der Waals surface area (Å²) < 4.78 is 0. The summed E-state index contributed by atoms with van der Waals surface area (Å²) in [4.78, 5) is 4.31. The molecule has 2 heteroatoms. The summed E-state index contributed by atoms with van der Waals surface area (Å²) in [6.45, 7) is 2.10. The molecule has 2 aliphatic carbocycles. The van der Waals surface area contributed by atoms with Gasteiger partial charge in [0.1, 0.15) is 0 Å². The maximum atomic E-state index is 6.67. The number of rotatable bonds is 2. The zero-order valence-electron chi connectivity index (χ0n) is 10.7. The molecule has 0 aliphatic heterocycles. The fourth-order valence-electron chi connectivity index (χ4n) is 3.41. The van der Waals surface area contributed by atoms with Crippen molar-refractivity contribution in [2.24, 2.45) is 17.6 Å². The summed E-state index contributed by atoms with van der Waals surface area (Å²) in [6, 6.07) is 2.22. The molecule has 17 heavy (non-hydrogen) atoms. The van der Waals surface area contributed by atoms with Crippen LogP contribution in [-0.4, -0.2) is 4.98 Å². The molecule has 2 aliphatic rings. The molecule has 0 aromatic carbocycles. The molecule has 0 amide bonds. The molecule has 2 atom stereocenters. The molecule has 0 spiro atoms. The van der Waals surface area contributed by atoms with Crippen LogP contribution in [0.2, 0.25) is 0 Å². The summed E-state index contributed by atoms with van der Waals surface area (Å²) in [7, 11) is 0. The van der Waals surface area contributed by atoms with Crippen LogP contribution in [0.15, 0.2) is 18.5 Å². The van der Waals surface area contributed by atoms with E-state index in [9.17, 15) is 0 Å². The standard InChI is InChI=1S/C15H22N2/c1-11-7-14(10-17-9-11)15(16)6-2-3-13(8-15)12-4-5-12/h7,9-10,12-13H,2-6,8,16H2,1H3. The van der Waals surface area contributed by atoms with Crippen molar-refractivity contribution in [2.75, 3.05) is 0 Å². The molecule has 2 N–H and O–H groups in total. The number of aromatic nitrogens is 1. The average molecular weight is 230 g/mol.